The molecule has 0 aliphatic heterocycles. The fourth-order valence-electron chi connectivity index (χ4n) is 2.13. The quantitative estimate of drug-likeness (QED) is 0.650. The molecule has 0 saturated heterocycles. The van der Waals surface area contributed by atoms with Crippen LogP contribution < -0.4 is 5.73 Å². The Labute approximate surface area is 131 Å². The van der Waals surface area contributed by atoms with Gasteiger partial charge in [-0.3, -0.25) is 0 Å². The second-order valence-corrected chi connectivity index (χ2v) is 7.32. The van der Waals surface area contributed by atoms with Gasteiger partial charge in [-0.1, -0.05) is 51.1 Å². The molecule has 1 atom stereocenters. The first-order chi connectivity index (χ1) is 9.88. The van der Waals surface area contributed by atoms with Crippen LogP contribution in [0.3, 0.4) is 0 Å². The number of nitrogen functional groups attached to an aromatic ring is 1. The van der Waals surface area contributed by atoms with Gasteiger partial charge in [0.25, 0.3) is 0 Å². The zero-order valence-corrected chi connectivity index (χ0v) is 13.7. The Kier molecular flexibility index (Phi) is 4.96. The average molecular weight is 301 g/mol. The first kappa shape index (κ1) is 15.9. The summed E-state index contributed by atoms with van der Waals surface area (Å²) >= 11 is 1.65. The lowest BCUT2D eigenvalue weighted by molar-refractivity contribution is 0.205. The van der Waals surface area contributed by atoms with Crippen molar-refractivity contribution in [1.29, 1.82) is 0 Å². The number of hydrogen-bond donors (Lipinski definition) is 2. The summed E-state index contributed by atoms with van der Waals surface area (Å²) in [6, 6.07) is 16.0. The normalized spacial score (nSPS) is 13.1. The molecule has 3 heteroatoms. The van der Waals surface area contributed by atoms with Gasteiger partial charge in [-0.15, -0.1) is 11.8 Å². The van der Waals surface area contributed by atoms with Crippen molar-refractivity contribution in [2.45, 2.75) is 37.2 Å². The molecule has 0 bridgehead atoms. The molecule has 2 nitrogen and oxygen atoms in total. The Morgan fingerprint density at radius 1 is 1.05 bits per heavy atom. The van der Waals surface area contributed by atoms with Crippen molar-refractivity contribution < 1.29 is 5.11 Å². The molecule has 0 aliphatic carbocycles. The lowest BCUT2D eigenvalue weighted by Gasteiger charge is -2.19. The standard InChI is InChI=1S/C18H23NOS/c1-18(2,3)13-8-10-14(11-9-13)21-12-17(20)15-6-4-5-7-16(15)19/h4-11,17,20H,12,19H2,1-3H3. The predicted octanol–water partition coefficient (Wildman–Crippen LogP) is 4.39. The molecular weight excluding hydrogens is 278 g/mol. The summed E-state index contributed by atoms with van der Waals surface area (Å²) < 4.78 is 0. The fourth-order valence-corrected chi connectivity index (χ4v) is 2.99. The van der Waals surface area contributed by atoms with Crippen molar-refractivity contribution in [1.82, 2.24) is 0 Å². The van der Waals surface area contributed by atoms with Gasteiger partial charge in [-0.25, -0.2) is 0 Å². The molecule has 0 aliphatic rings. The average Bonchev–Trinajstić information content (AvgIpc) is 2.45. The third-order valence-electron chi connectivity index (χ3n) is 3.48. The van der Waals surface area contributed by atoms with Crippen molar-refractivity contribution in [3.8, 4) is 0 Å². The number of nitrogens with two attached hydrogens (primary N) is 1. The lowest BCUT2D eigenvalue weighted by Crippen LogP contribution is -2.10. The van der Waals surface area contributed by atoms with Gasteiger partial charge in [0.2, 0.25) is 0 Å². The number of hydrogen-bond acceptors (Lipinski definition) is 3. The summed E-state index contributed by atoms with van der Waals surface area (Å²) in [5.74, 6) is 0.600. The molecule has 21 heavy (non-hydrogen) atoms. The second kappa shape index (κ2) is 6.54. The van der Waals surface area contributed by atoms with E-state index in [0.717, 1.165) is 10.5 Å². The van der Waals surface area contributed by atoms with E-state index >= 15 is 0 Å². The molecule has 2 aromatic carbocycles. The van der Waals surface area contributed by atoms with Crippen LogP contribution in [0.25, 0.3) is 0 Å². The van der Waals surface area contributed by atoms with Gasteiger partial charge in [-0.2, -0.15) is 0 Å². The smallest absolute Gasteiger partial charge is 0.0903 e. The topological polar surface area (TPSA) is 46.2 Å². The number of anilines is 1. The minimum Gasteiger partial charge on any atom is -0.398 e. The summed E-state index contributed by atoms with van der Waals surface area (Å²) in [4.78, 5) is 1.16. The molecule has 0 heterocycles. The van der Waals surface area contributed by atoms with Crippen LogP contribution in [-0.2, 0) is 5.41 Å². The Morgan fingerprint density at radius 2 is 1.67 bits per heavy atom. The summed E-state index contributed by atoms with van der Waals surface area (Å²) in [6.45, 7) is 6.62. The molecule has 0 spiro atoms. The van der Waals surface area contributed by atoms with Gasteiger partial charge in [0.15, 0.2) is 0 Å². The first-order valence-corrected chi connectivity index (χ1v) is 8.12. The minimum atomic E-state index is -0.543. The number of aliphatic hydroxyl groups excluding tert-OH is 1. The van der Waals surface area contributed by atoms with Gasteiger partial charge in [0.05, 0.1) is 6.10 Å². The van der Waals surface area contributed by atoms with Crippen LogP contribution in [0.1, 0.15) is 38.0 Å². The molecule has 1 unspecified atom stereocenters. The molecule has 2 aromatic rings. The number of aliphatic hydroxyl groups is 1. The van der Waals surface area contributed by atoms with Crippen LogP contribution in [0, 0.1) is 0 Å². The summed E-state index contributed by atoms with van der Waals surface area (Å²) in [6.07, 6.45) is -0.543. The van der Waals surface area contributed by atoms with E-state index in [0.29, 0.717) is 11.4 Å². The summed E-state index contributed by atoms with van der Waals surface area (Å²) in [5.41, 5.74) is 8.82. The molecule has 2 rings (SSSR count). The molecule has 0 amide bonds. The second-order valence-electron chi connectivity index (χ2n) is 6.23. The minimum absolute atomic E-state index is 0.168. The third kappa shape index (κ3) is 4.26. The van der Waals surface area contributed by atoms with Gasteiger partial charge in [0, 0.05) is 21.9 Å². The molecule has 0 fully saturated rings. The molecule has 112 valence electrons. The van der Waals surface area contributed by atoms with Crippen LogP contribution >= 0.6 is 11.8 Å². The van der Waals surface area contributed by atoms with E-state index in [4.69, 9.17) is 5.73 Å². The number of benzene rings is 2. The van der Waals surface area contributed by atoms with E-state index in [1.54, 1.807) is 11.8 Å². The Bertz CT molecular complexity index is 587. The molecular formula is C18H23NOS. The van der Waals surface area contributed by atoms with Gasteiger partial charge in [0.1, 0.15) is 0 Å². The maximum atomic E-state index is 10.2. The highest BCUT2D eigenvalue weighted by atomic mass is 32.2. The van der Waals surface area contributed by atoms with Gasteiger partial charge >= 0.3 is 0 Å². The number of thioether (sulfide) groups is 1. The van der Waals surface area contributed by atoms with Crippen molar-refractivity contribution >= 4 is 17.4 Å². The fraction of sp³-hybridized carbons (Fsp3) is 0.333. The highest BCUT2D eigenvalue weighted by Gasteiger charge is 2.14. The van der Waals surface area contributed by atoms with Crippen molar-refractivity contribution in [2.24, 2.45) is 0 Å². The van der Waals surface area contributed by atoms with Gasteiger partial charge < -0.3 is 10.8 Å². The summed E-state index contributed by atoms with van der Waals surface area (Å²) in [7, 11) is 0. The Hall–Kier alpha value is -1.45. The van der Waals surface area contributed by atoms with E-state index < -0.39 is 6.10 Å². The Morgan fingerprint density at radius 3 is 2.24 bits per heavy atom. The molecule has 0 radical (unpaired) electrons. The Balaban J connectivity index is 1.99. The highest BCUT2D eigenvalue weighted by molar-refractivity contribution is 7.99. The number of rotatable bonds is 4. The maximum absolute atomic E-state index is 10.2. The zero-order valence-electron chi connectivity index (χ0n) is 12.8. The van der Waals surface area contributed by atoms with Crippen LogP contribution in [0.2, 0.25) is 0 Å². The third-order valence-corrected chi connectivity index (χ3v) is 4.57. The van der Waals surface area contributed by atoms with E-state index in [-0.39, 0.29) is 5.41 Å². The molecule has 3 N–H and O–H groups in total. The highest BCUT2D eigenvalue weighted by Crippen LogP contribution is 2.29. The maximum Gasteiger partial charge on any atom is 0.0903 e. The largest absolute Gasteiger partial charge is 0.398 e. The zero-order chi connectivity index (χ0) is 15.5. The van der Waals surface area contributed by atoms with E-state index in [1.165, 1.54) is 5.56 Å². The monoisotopic (exact) mass is 301 g/mol. The van der Waals surface area contributed by atoms with Crippen molar-refractivity contribution in [3.63, 3.8) is 0 Å². The van der Waals surface area contributed by atoms with Crippen LogP contribution in [0.15, 0.2) is 53.4 Å². The summed E-state index contributed by atoms with van der Waals surface area (Å²) in [5, 5.41) is 10.2. The molecule has 0 saturated carbocycles. The first-order valence-electron chi connectivity index (χ1n) is 7.14. The van der Waals surface area contributed by atoms with Crippen LogP contribution in [-0.4, -0.2) is 10.9 Å². The van der Waals surface area contributed by atoms with Crippen molar-refractivity contribution in [2.75, 3.05) is 11.5 Å². The molecule has 0 aromatic heterocycles. The van der Waals surface area contributed by atoms with Crippen molar-refractivity contribution in [3.05, 3.63) is 59.7 Å². The van der Waals surface area contributed by atoms with E-state index in [2.05, 4.69) is 45.0 Å². The van der Waals surface area contributed by atoms with Gasteiger partial charge in [-0.05, 0) is 29.2 Å². The van der Waals surface area contributed by atoms with Crippen LogP contribution in [0.5, 0.6) is 0 Å². The predicted molar refractivity (Wildman–Crippen MR) is 91.7 cm³/mol. The SMILES string of the molecule is CC(C)(C)c1ccc(SCC(O)c2ccccc2N)cc1. The van der Waals surface area contributed by atoms with E-state index in [9.17, 15) is 5.11 Å². The van der Waals surface area contributed by atoms with Crippen LogP contribution in [0.4, 0.5) is 5.69 Å². The lowest BCUT2D eigenvalue weighted by atomic mass is 9.87. The number of para-hydroxylation sites is 1. The van der Waals surface area contributed by atoms with E-state index in [1.807, 2.05) is 24.3 Å².